The molecule has 1 heterocycles. The number of nitrogens with zero attached hydrogens (tertiary/aromatic N) is 1. The molecule has 2 atom stereocenters. The smallest absolute Gasteiger partial charge is 0.251 e. The fourth-order valence-corrected chi connectivity index (χ4v) is 2.33. The fourth-order valence-electron chi connectivity index (χ4n) is 2.33. The van der Waals surface area contributed by atoms with Gasteiger partial charge in [-0.2, -0.15) is 0 Å². The van der Waals surface area contributed by atoms with Crippen LogP contribution in [0.2, 0.25) is 0 Å². The van der Waals surface area contributed by atoms with Crippen LogP contribution in [0.25, 0.3) is 0 Å². The van der Waals surface area contributed by atoms with Crippen LogP contribution in [0, 0.1) is 0 Å². The first-order chi connectivity index (χ1) is 8.70. The second-order valence-electron chi connectivity index (χ2n) is 5.04. The maximum Gasteiger partial charge on any atom is 0.251 e. The van der Waals surface area contributed by atoms with Crippen LogP contribution >= 0.6 is 12.4 Å². The standard InChI is InChI=1S/C14H28N2O2.ClH/c1-4-6-10-18-12(3)14(17)16(9-5-2)13-7-8-15-11-13;/h12-13,15H,4-11H2,1-3H3;1H. The summed E-state index contributed by atoms with van der Waals surface area (Å²) in [4.78, 5) is 14.4. The molecule has 114 valence electrons. The lowest BCUT2D eigenvalue weighted by atomic mass is 10.2. The quantitative estimate of drug-likeness (QED) is 0.698. The zero-order valence-corrected chi connectivity index (χ0v) is 13.3. The Labute approximate surface area is 123 Å². The van der Waals surface area contributed by atoms with Crippen molar-refractivity contribution in [1.82, 2.24) is 10.2 Å². The summed E-state index contributed by atoms with van der Waals surface area (Å²) in [6.45, 7) is 9.59. The van der Waals surface area contributed by atoms with Crippen molar-refractivity contribution in [3.8, 4) is 0 Å². The summed E-state index contributed by atoms with van der Waals surface area (Å²) in [6, 6.07) is 0.356. The first-order valence-corrected chi connectivity index (χ1v) is 7.33. The molecule has 2 unspecified atom stereocenters. The number of ether oxygens (including phenoxy) is 1. The largest absolute Gasteiger partial charge is 0.369 e. The van der Waals surface area contributed by atoms with Gasteiger partial charge in [0.2, 0.25) is 0 Å². The Morgan fingerprint density at radius 2 is 2.16 bits per heavy atom. The van der Waals surface area contributed by atoms with E-state index >= 15 is 0 Å². The molecule has 0 aromatic rings. The number of nitrogens with one attached hydrogen (secondary N) is 1. The summed E-state index contributed by atoms with van der Waals surface area (Å²) >= 11 is 0. The summed E-state index contributed by atoms with van der Waals surface area (Å²) < 4.78 is 5.62. The van der Waals surface area contributed by atoms with E-state index in [1.807, 2.05) is 11.8 Å². The van der Waals surface area contributed by atoms with E-state index in [-0.39, 0.29) is 24.4 Å². The van der Waals surface area contributed by atoms with Crippen molar-refractivity contribution in [2.45, 2.75) is 58.6 Å². The molecule has 0 spiro atoms. The van der Waals surface area contributed by atoms with Gasteiger partial charge in [0.1, 0.15) is 6.10 Å². The molecule has 1 aliphatic rings. The zero-order chi connectivity index (χ0) is 13.4. The van der Waals surface area contributed by atoms with Crippen LogP contribution < -0.4 is 5.32 Å². The molecule has 4 nitrogen and oxygen atoms in total. The normalized spacial score (nSPS) is 19.8. The second kappa shape index (κ2) is 10.5. The predicted octanol–water partition coefficient (Wildman–Crippen LogP) is 2.21. The SMILES string of the molecule is CCCCOC(C)C(=O)N(CCC)C1CCNC1.Cl. The van der Waals surface area contributed by atoms with Gasteiger partial charge in [-0.15, -0.1) is 12.4 Å². The molecule has 0 radical (unpaired) electrons. The van der Waals surface area contributed by atoms with E-state index in [1.165, 1.54) is 0 Å². The Morgan fingerprint density at radius 3 is 2.68 bits per heavy atom. The van der Waals surface area contributed by atoms with Crippen LogP contribution in [-0.4, -0.2) is 49.2 Å². The molecule has 0 aromatic carbocycles. The molecular formula is C14H29ClN2O2. The summed E-state index contributed by atoms with van der Waals surface area (Å²) in [5.74, 6) is 0.154. The van der Waals surface area contributed by atoms with Crippen LogP contribution in [0.5, 0.6) is 0 Å². The van der Waals surface area contributed by atoms with E-state index in [0.717, 1.165) is 45.3 Å². The van der Waals surface area contributed by atoms with Gasteiger partial charge in [-0.25, -0.2) is 0 Å². The number of rotatable bonds is 8. The van der Waals surface area contributed by atoms with E-state index in [4.69, 9.17) is 4.74 Å². The van der Waals surface area contributed by atoms with Crippen LogP contribution in [-0.2, 0) is 9.53 Å². The number of carbonyl (C=O) groups is 1. The molecule has 19 heavy (non-hydrogen) atoms. The lowest BCUT2D eigenvalue weighted by Crippen LogP contribution is -2.46. The third kappa shape index (κ3) is 6.11. The Hall–Kier alpha value is -0.320. The predicted molar refractivity (Wildman–Crippen MR) is 80.8 cm³/mol. The van der Waals surface area contributed by atoms with Gasteiger partial charge in [-0.05, 0) is 32.7 Å². The molecule has 0 aliphatic carbocycles. The topological polar surface area (TPSA) is 41.6 Å². The van der Waals surface area contributed by atoms with Crippen molar-refractivity contribution in [2.75, 3.05) is 26.2 Å². The lowest BCUT2D eigenvalue weighted by molar-refractivity contribution is -0.144. The van der Waals surface area contributed by atoms with Crippen molar-refractivity contribution < 1.29 is 9.53 Å². The Balaban J connectivity index is 0.00000324. The van der Waals surface area contributed by atoms with Crippen molar-refractivity contribution in [2.24, 2.45) is 0 Å². The number of carbonyl (C=O) groups excluding carboxylic acids is 1. The number of halogens is 1. The maximum absolute atomic E-state index is 12.4. The molecule has 1 amide bonds. The Kier molecular flexibility index (Phi) is 10.3. The third-order valence-electron chi connectivity index (χ3n) is 3.44. The lowest BCUT2D eigenvalue weighted by Gasteiger charge is -2.30. The highest BCUT2D eigenvalue weighted by molar-refractivity contribution is 5.85. The molecule has 1 fully saturated rings. The molecule has 0 bridgehead atoms. The fraction of sp³-hybridized carbons (Fsp3) is 0.929. The van der Waals surface area contributed by atoms with Crippen molar-refractivity contribution >= 4 is 18.3 Å². The second-order valence-corrected chi connectivity index (χ2v) is 5.04. The minimum absolute atomic E-state index is 0. The van der Waals surface area contributed by atoms with Gasteiger partial charge in [0.15, 0.2) is 0 Å². The van der Waals surface area contributed by atoms with Crippen LogP contribution in [0.4, 0.5) is 0 Å². The van der Waals surface area contributed by atoms with E-state index in [1.54, 1.807) is 0 Å². The van der Waals surface area contributed by atoms with Crippen molar-refractivity contribution in [1.29, 1.82) is 0 Å². The van der Waals surface area contributed by atoms with Gasteiger partial charge in [0, 0.05) is 25.7 Å². The molecule has 0 saturated carbocycles. The minimum Gasteiger partial charge on any atom is -0.369 e. The first-order valence-electron chi connectivity index (χ1n) is 7.33. The average Bonchev–Trinajstić information content (AvgIpc) is 2.89. The maximum atomic E-state index is 12.4. The molecule has 5 heteroatoms. The van der Waals surface area contributed by atoms with Gasteiger partial charge in [-0.1, -0.05) is 20.3 Å². The minimum atomic E-state index is -0.302. The van der Waals surface area contributed by atoms with E-state index < -0.39 is 0 Å². The number of hydrogen-bond acceptors (Lipinski definition) is 3. The molecule has 1 saturated heterocycles. The summed E-state index contributed by atoms with van der Waals surface area (Å²) in [5.41, 5.74) is 0. The van der Waals surface area contributed by atoms with Gasteiger partial charge in [0.25, 0.3) is 5.91 Å². The number of unbranched alkanes of at least 4 members (excludes halogenated alkanes) is 1. The summed E-state index contributed by atoms with van der Waals surface area (Å²) in [5, 5.41) is 3.32. The van der Waals surface area contributed by atoms with Crippen LogP contribution in [0.15, 0.2) is 0 Å². The zero-order valence-electron chi connectivity index (χ0n) is 12.5. The molecular weight excluding hydrogens is 264 g/mol. The molecule has 1 rings (SSSR count). The van der Waals surface area contributed by atoms with E-state index in [2.05, 4.69) is 19.2 Å². The van der Waals surface area contributed by atoms with E-state index in [0.29, 0.717) is 12.6 Å². The highest BCUT2D eigenvalue weighted by atomic mass is 35.5. The van der Waals surface area contributed by atoms with Crippen LogP contribution in [0.3, 0.4) is 0 Å². The van der Waals surface area contributed by atoms with Gasteiger partial charge >= 0.3 is 0 Å². The van der Waals surface area contributed by atoms with Gasteiger partial charge < -0.3 is 15.0 Å². The van der Waals surface area contributed by atoms with Crippen molar-refractivity contribution in [3.63, 3.8) is 0 Å². The number of amides is 1. The van der Waals surface area contributed by atoms with E-state index in [9.17, 15) is 4.79 Å². The average molecular weight is 293 g/mol. The first kappa shape index (κ1) is 18.7. The van der Waals surface area contributed by atoms with Gasteiger partial charge in [0.05, 0.1) is 0 Å². The summed E-state index contributed by atoms with van der Waals surface area (Å²) in [6.07, 6.45) is 3.89. The van der Waals surface area contributed by atoms with Gasteiger partial charge in [-0.3, -0.25) is 4.79 Å². The Bertz CT molecular complexity index is 246. The third-order valence-corrected chi connectivity index (χ3v) is 3.44. The van der Waals surface area contributed by atoms with Crippen molar-refractivity contribution in [3.05, 3.63) is 0 Å². The molecule has 1 N–H and O–H groups in total. The molecule has 1 aliphatic heterocycles. The highest BCUT2D eigenvalue weighted by Gasteiger charge is 2.28. The highest BCUT2D eigenvalue weighted by Crippen LogP contribution is 2.12. The molecule has 0 aromatic heterocycles. The summed E-state index contributed by atoms with van der Waals surface area (Å²) in [7, 11) is 0. The number of hydrogen-bond donors (Lipinski definition) is 1. The monoisotopic (exact) mass is 292 g/mol. The Morgan fingerprint density at radius 1 is 1.42 bits per heavy atom. The van der Waals surface area contributed by atoms with Crippen LogP contribution in [0.1, 0.15) is 46.5 Å².